The van der Waals surface area contributed by atoms with Crippen LogP contribution in [-0.4, -0.2) is 74.1 Å². The molecule has 0 spiro atoms. The molecule has 3 rings (SSSR count). The highest BCUT2D eigenvalue weighted by molar-refractivity contribution is 4.87. The van der Waals surface area contributed by atoms with E-state index in [1.54, 1.807) is 0 Å². The zero-order chi connectivity index (χ0) is 13.1. The van der Waals surface area contributed by atoms with Crippen molar-refractivity contribution in [3.8, 4) is 0 Å². The van der Waals surface area contributed by atoms with Crippen molar-refractivity contribution in [1.29, 1.82) is 0 Å². The van der Waals surface area contributed by atoms with E-state index in [0.717, 1.165) is 25.6 Å². The van der Waals surface area contributed by atoms with E-state index >= 15 is 0 Å². The number of nitrogens with zero attached hydrogens (tertiary/aromatic N) is 2. The van der Waals surface area contributed by atoms with Gasteiger partial charge in [-0.15, -0.1) is 0 Å². The van der Waals surface area contributed by atoms with E-state index in [2.05, 4.69) is 9.80 Å². The minimum Gasteiger partial charge on any atom is -0.355 e. The van der Waals surface area contributed by atoms with Crippen molar-refractivity contribution >= 4 is 0 Å². The van der Waals surface area contributed by atoms with Crippen LogP contribution in [0.1, 0.15) is 25.7 Å². The van der Waals surface area contributed by atoms with E-state index in [0.29, 0.717) is 18.9 Å². The summed E-state index contributed by atoms with van der Waals surface area (Å²) in [5, 5.41) is 0. The van der Waals surface area contributed by atoms with Gasteiger partial charge in [0.05, 0.1) is 12.7 Å². The van der Waals surface area contributed by atoms with Crippen LogP contribution in [0.5, 0.6) is 0 Å². The van der Waals surface area contributed by atoms with Crippen molar-refractivity contribution < 1.29 is 9.47 Å². The number of ether oxygens (including phenoxy) is 2. The van der Waals surface area contributed by atoms with Gasteiger partial charge in [0.2, 0.25) is 0 Å². The molecule has 0 aromatic carbocycles. The van der Waals surface area contributed by atoms with Crippen LogP contribution in [0.25, 0.3) is 0 Å². The largest absolute Gasteiger partial charge is 0.355 e. The number of nitrogens with two attached hydrogens (primary N) is 1. The summed E-state index contributed by atoms with van der Waals surface area (Å²) in [5.74, 6) is 0. The first-order valence-corrected chi connectivity index (χ1v) is 7.72. The van der Waals surface area contributed by atoms with Crippen LogP contribution in [0.15, 0.2) is 0 Å². The van der Waals surface area contributed by atoms with E-state index < -0.39 is 0 Å². The molecule has 3 fully saturated rings. The standard InChI is InChI=1S/C14H27N3O2/c15-12-1-6-17(7-2-12)13-3-5-16(9-13)10-14-4-8-18-11-19-14/h12-14H,1-11,15H2. The Morgan fingerprint density at radius 2 is 1.89 bits per heavy atom. The SMILES string of the molecule is NC1CCN(C2CCN(CC3CCOCO3)C2)CC1. The molecule has 19 heavy (non-hydrogen) atoms. The molecule has 2 atom stereocenters. The molecule has 2 N–H and O–H groups in total. The minimum absolute atomic E-state index is 0.377. The van der Waals surface area contributed by atoms with E-state index in [1.807, 2.05) is 0 Å². The second-order valence-electron chi connectivity index (χ2n) is 6.18. The van der Waals surface area contributed by atoms with Gasteiger partial charge in [-0.1, -0.05) is 0 Å². The Kier molecular flexibility index (Phi) is 4.71. The molecule has 0 aliphatic carbocycles. The summed E-state index contributed by atoms with van der Waals surface area (Å²) in [6.07, 6.45) is 5.06. The second kappa shape index (κ2) is 6.50. The summed E-state index contributed by atoms with van der Waals surface area (Å²) in [6, 6.07) is 1.18. The van der Waals surface area contributed by atoms with Gasteiger partial charge in [-0.2, -0.15) is 0 Å². The molecule has 0 aromatic rings. The summed E-state index contributed by atoms with van der Waals surface area (Å²) in [7, 11) is 0. The van der Waals surface area contributed by atoms with Gasteiger partial charge in [0.15, 0.2) is 0 Å². The molecule has 0 aromatic heterocycles. The number of hydrogen-bond acceptors (Lipinski definition) is 5. The van der Waals surface area contributed by atoms with Crippen molar-refractivity contribution in [1.82, 2.24) is 9.80 Å². The smallest absolute Gasteiger partial charge is 0.147 e. The molecule has 0 bridgehead atoms. The Morgan fingerprint density at radius 1 is 1.05 bits per heavy atom. The minimum atomic E-state index is 0.377. The highest BCUT2D eigenvalue weighted by atomic mass is 16.7. The Labute approximate surface area is 116 Å². The van der Waals surface area contributed by atoms with Crippen LogP contribution >= 0.6 is 0 Å². The summed E-state index contributed by atoms with van der Waals surface area (Å²) < 4.78 is 10.9. The third-order valence-corrected chi connectivity index (χ3v) is 4.77. The van der Waals surface area contributed by atoms with Gasteiger partial charge in [-0.3, -0.25) is 9.80 Å². The van der Waals surface area contributed by atoms with Crippen LogP contribution in [0, 0.1) is 0 Å². The lowest BCUT2D eigenvalue weighted by molar-refractivity contribution is -0.143. The fraction of sp³-hybridized carbons (Fsp3) is 1.00. The first-order valence-electron chi connectivity index (χ1n) is 7.72. The lowest BCUT2D eigenvalue weighted by Gasteiger charge is -2.35. The number of hydrogen-bond donors (Lipinski definition) is 1. The predicted molar refractivity (Wildman–Crippen MR) is 73.9 cm³/mol. The van der Waals surface area contributed by atoms with E-state index in [4.69, 9.17) is 15.2 Å². The first-order chi connectivity index (χ1) is 9.31. The zero-order valence-electron chi connectivity index (χ0n) is 11.8. The normalized spacial score (nSPS) is 35.8. The molecule has 3 aliphatic heterocycles. The predicted octanol–water partition coefficient (Wildman–Crippen LogP) is 0.247. The lowest BCUT2D eigenvalue weighted by Crippen LogP contribution is -2.46. The first kappa shape index (κ1) is 13.8. The molecule has 0 saturated carbocycles. The maximum atomic E-state index is 5.98. The topological polar surface area (TPSA) is 51.0 Å². The number of likely N-dealkylation sites (tertiary alicyclic amines) is 2. The summed E-state index contributed by atoms with van der Waals surface area (Å²) in [5.41, 5.74) is 5.98. The average molecular weight is 269 g/mol. The van der Waals surface area contributed by atoms with E-state index in [-0.39, 0.29) is 0 Å². The second-order valence-corrected chi connectivity index (χ2v) is 6.18. The summed E-state index contributed by atoms with van der Waals surface area (Å²) >= 11 is 0. The van der Waals surface area contributed by atoms with Gasteiger partial charge in [0.1, 0.15) is 6.79 Å². The third-order valence-electron chi connectivity index (χ3n) is 4.77. The summed E-state index contributed by atoms with van der Waals surface area (Å²) in [6.45, 7) is 7.20. The molecule has 0 radical (unpaired) electrons. The average Bonchev–Trinajstić information content (AvgIpc) is 2.89. The van der Waals surface area contributed by atoms with Crippen LogP contribution < -0.4 is 5.73 Å². The quantitative estimate of drug-likeness (QED) is 0.796. The number of rotatable bonds is 3. The Bertz CT molecular complexity index is 276. The molecule has 2 unspecified atom stereocenters. The highest BCUT2D eigenvalue weighted by Gasteiger charge is 2.31. The van der Waals surface area contributed by atoms with Gasteiger partial charge in [-0.05, 0) is 45.3 Å². The van der Waals surface area contributed by atoms with Crippen molar-refractivity contribution in [2.75, 3.05) is 46.1 Å². The molecule has 5 nitrogen and oxygen atoms in total. The van der Waals surface area contributed by atoms with E-state index in [1.165, 1.54) is 45.4 Å². The molecule has 110 valence electrons. The highest BCUT2D eigenvalue weighted by Crippen LogP contribution is 2.21. The van der Waals surface area contributed by atoms with Gasteiger partial charge in [0, 0.05) is 25.2 Å². The van der Waals surface area contributed by atoms with Gasteiger partial charge >= 0.3 is 0 Å². The van der Waals surface area contributed by atoms with Crippen LogP contribution in [0.4, 0.5) is 0 Å². The van der Waals surface area contributed by atoms with Crippen molar-refractivity contribution in [2.24, 2.45) is 5.73 Å². The van der Waals surface area contributed by atoms with Crippen LogP contribution in [0.3, 0.4) is 0 Å². The maximum absolute atomic E-state index is 5.98. The zero-order valence-corrected chi connectivity index (χ0v) is 11.8. The van der Waals surface area contributed by atoms with Crippen molar-refractivity contribution in [3.05, 3.63) is 0 Å². The van der Waals surface area contributed by atoms with Crippen LogP contribution in [0.2, 0.25) is 0 Å². The molecular formula is C14H27N3O2. The third kappa shape index (κ3) is 3.67. The molecule has 5 heteroatoms. The van der Waals surface area contributed by atoms with Gasteiger partial charge in [0.25, 0.3) is 0 Å². The Balaban J connectivity index is 1.42. The van der Waals surface area contributed by atoms with Crippen molar-refractivity contribution in [3.63, 3.8) is 0 Å². The Hall–Kier alpha value is -0.200. The maximum Gasteiger partial charge on any atom is 0.147 e. The van der Waals surface area contributed by atoms with E-state index in [9.17, 15) is 0 Å². The van der Waals surface area contributed by atoms with Gasteiger partial charge < -0.3 is 15.2 Å². The molecular weight excluding hydrogens is 242 g/mol. The van der Waals surface area contributed by atoms with Crippen LogP contribution in [-0.2, 0) is 9.47 Å². The molecule has 3 heterocycles. The number of piperidine rings is 1. The summed E-state index contributed by atoms with van der Waals surface area (Å²) in [4.78, 5) is 5.21. The molecule has 0 amide bonds. The lowest BCUT2D eigenvalue weighted by atomic mass is 10.0. The van der Waals surface area contributed by atoms with Gasteiger partial charge in [-0.25, -0.2) is 0 Å². The molecule has 3 saturated heterocycles. The van der Waals surface area contributed by atoms with Crippen molar-refractivity contribution in [2.45, 2.75) is 43.9 Å². The monoisotopic (exact) mass is 269 g/mol. The fourth-order valence-electron chi connectivity index (χ4n) is 3.49. The molecule has 3 aliphatic rings. The Morgan fingerprint density at radius 3 is 2.63 bits per heavy atom. The fourth-order valence-corrected chi connectivity index (χ4v) is 3.49.